The Bertz CT molecular complexity index is 281. The molecule has 0 amide bonds. The van der Waals surface area contributed by atoms with Gasteiger partial charge in [-0.3, -0.25) is 0 Å². The zero-order chi connectivity index (χ0) is 12.0. The van der Waals surface area contributed by atoms with E-state index in [4.69, 9.17) is 13.0 Å². The lowest BCUT2D eigenvalue weighted by molar-refractivity contribution is -0.284. The predicted octanol–water partition coefficient (Wildman–Crippen LogP) is -0.224. The zero-order valence-electron chi connectivity index (χ0n) is 7.70. The third-order valence-corrected chi connectivity index (χ3v) is 2.83. The molecule has 3 N–H and O–H groups in total. The molecular weight excluding hydrogens is 212 g/mol. The summed E-state index contributed by atoms with van der Waals surface area (Å²) in [5, 5.41) is 27.4. The zero-order valence-corrected chi connectivity index (χ0v) is 7.70. The molecule has 0 unspecified atom stereocenters. The van der Waals surface area contributed by atoms with Crippen LogP contribution >= 0.6 is 0 Å². The Morgan fingerprint density at radius 1 is 1.47 bits per heavy atom. The van der Waals surface area contributed by atoms with Gasteiger partial charge in [0.2, 0.25) is 0 Å². The highest BCUT2D eigenvalue weighted by atomic mass is 19.4. The molecule has 1 saturated carbocycles. The molecule has 1 fully saturated rings. The maximum atomic E-state index is 12.5. The minimum atomic E-state index is -5.07. The monoisotopic (exact) mass is 222 g/mol. The quantitative estimate of drug-likeness (QED) is 0.424. The molecule has 0 aromatic carbocycles. The largest absolute Gasteiger partial charge is 0.419 e. The Labute approximate surface area is 85.6 Å². The summed E-state index contributed by atoms with van der Waals surface area (Å²) in [5.41, 5.74) is -3.64. The van der Waals surface area contributed by atoms with Crippen molar-refractivity contribution in [3.8, 4) is 0 Å². The topological polar surface area (TPSA) is 60.7 Å². The van der Waals surface area contributed by atoms with Crippen LogP contribution < -0.4 is 0 Å². The third-order valence-electron chi connectivity index (χ3n) is 2.83. The van der Waals surface area contributed by atoms with Crippen molar-refractivity contribution < 1.29 is 28.5 Å². The van der Waals surface area contributed by atoms with Gasteiger partial charge in [0.15, 0.2) is 5.60 Å². The van der Waals surface area contributed by atoms with Gasteiger partial charge >= 0.3 is 6.18 Å². The average molecular weight is 222 g/mol. The second-order valence-electron chi connectivity index (χ2n) is 3.61. The van der Waals surface area contributed by atoms with Gasteiger partial charge in [0, 0.05) is 5.92 Å². The number of aliphatic hydroxyl groups excluding tert-OH is 2. The molecule has 0 spiro atoms. The fourth-order valence-corrected chi connectivity index (χ4v) is 1.77. The molecule has 0 aliphatic heterocycles. The fraction of sp³-hybridized carbons (Fsp3) is 0.750. The molecule has 0 saturated heterocycles. The van der Waals surface area contributed by atoms with Crippen LogP contribution in [0.15, 0.2) is 12.2 Å². The maximum absolute atomic E-state index is 12.5. The summed E-state index contributed by atoms with van der Waals surface area (Å²) in [5.74, 6) is -3.09. The summed E-state index contributed by atoms with van der Waals surface area (Å²) in [7, 11) is 5.16. The first kappa shape index (κ1) is 12.5. The van der Waals surface area contributed by atoms with Crippen LogP contribution in [0.4, 0.5) is 13.2 Å². The van der Waals surface area contributed by atoms with Crippen molar-refractivity contribution in [3.05, 3.63) is 12.2 Å². The Kier molecular flexibility index (Phi) is 2.93. The maximum Gasteiger partial charge on any atom is 0.419 e. The summed E-state index contributed by atoms with van der Waals surface area (Å²) < 4.78 is 37.5. The minimum Gasteiger partial charge on any atom is -0.396 e. The minimum absolute atomic E-state index is 0.204. The summed E-state index contributed by atoms with van der Waals surface area (Å²) in [6, 6.07) is 0. The predicted molar refractivity (Wildman–Crippen MR) is 46.2 cm³/mol. The van der Waals surface area contributed by atoms with Crippen molar-refractivity contribution in [2.75, 3.05) is 6.61 Å². The van der Waals surface area contributed by atoms with E-state index in [1.54, 1.807) is 0 Å². The van der Waals surface area contributed by atoms with Crippen molar-refractivity contribution in [2.24, 2.45) is 5.92 Å². The normalized spacial score (nSPS) is 42.3. The van der Waals surface area contributed by atoms with Crippen LogP contribution in [0.2, 0.25) is 5.82 Å². The SMILES string of the molecule is [B][C@@H]1C(=C)[C@H](CO)[C@@H](O)[C@]1(O)C(F)(F)F. The van der Waals surface area contributed by atoms with E-state index in [0.717, 1.165) is 0 Å². The Balaban J connectivity index is 3.17. The van der Waals surface area contributed by atoms with Crippen LogP contribution in [0.1, 0.15) is 0 Å². The van der Waals surface area contributed by atoms with Gasteiger partial charge in [-0.25, -0.2) is 0 Å². The molecule has 2 radical (unpaired) electrons. The lowest BCUT2D eigenvalue weighted by Gasteiger charge is -2.33. The van der Waals surface area contributed by atoms with E-state index < -0.39 is 36.2 Å². The summed E-state index contributed by atoms with van der Waals surface area (Å²) >= 11 is 0. The van der Waals surface area contributed by atoms with Crippen molar-refractivity contribution >= 4 is 7.85 Å². The Morgan fingerprint density at radius 2 is 1.93 bits per heavy atom. The van der Waals surface area contributed by atoms with E-state index in [1.165, 1.54) is 0 Å². The number of alkyl halides is 3. The van der Waals surface area contributed by atoms with Crippen molar-refractivity contribution in [1.29, 1.82) is 0 Å². The first-order valence-electron chi connectivity index (χ1n) is 4.20. The smallest absolute Gasteiger partial charge is 0.396 e. The van der Waals surface area contributed by atoms with Gasteiger partial charge in [0.05, 0.1) is 14.5 Å². The van der Waals surface area contributed by atoms with Crippen LogP contribution in [0.5, 0.6) is 0 Å². The van der Waals surface area contributed by atoms with E-state index in [9.17, 15) is 23.4 Å². The van der Waals surface area contributed by atoms with Gasteiger partial charge in [-0.05, 0) is 5.82 Å². The molecular formula is C8H10BF3O3. The highest BCUT2D eigenvalue weighted by Gasteiger charge is 2.67. The molecule has 0 bridgehead atoms. The second kappa shape index (κ2) is 3.50. The summed E-state index contributed by atoms with van der Waals surface area (Å²) in [6.07, 6.45) is -7.26. The number of halogens is 3. The molecule has 0 aromatic rings. The molecule has 15 heavy (non-hydrogen) atoms. The van der Waals surface area contributed by atoms with E-state index in [-0.39, 0.29) is 5.57 Å². The standard InChI is InChI=1S/C8H10BF3O3/c1-3-4(2-13)6(14)7(15,5(3)9)8(10,11)12/h4-6,13-15H,1-2H2/t4-,5+,6+,7-/m0/s1. The number of rotatable bonds is 1. The Morgan fingerprint density at radius 3 is 2.13 bits per heavy atom. The van der Waals surface area contributed by atoms with E-state index in [0.29, 0.717) is 0 Å². The second-order valence-corrected chi connectivity index (χ2v) is 3.61. The lowest BCUT2D eigenvalue weighted by Crippen LogP contribution is -2.55. The van der Waals surface area contributed by atoms with Crippen LogP contribution in [0.3, 0.4) is 0 Å². The molecule has 0 heterocycles. The van der Waals surface area contributed by atoms with Gasteiger partial charge in [0.25, 0.3) is 0 Å². The summed E-state index contributed by atoms with van der Waals surface area (Å²) in [4.78, 5) is 0. The molecule has 4 atom stereocenters. The lowest BCUT2D eigenvalue weighted by atomic mass is 9.73. The number of hydrogen-bond donors (Lipinski definition) is 3. The highest BCUT2D eigenvalue weighted by Crippen LogP contribution is 2.53. The molecule has 1 rings (SSSR count). The highest BCUT2D eigenvalue weighted by molar-refractivity contribution is 6.15. The van der Waals surface area contributed by atoms with Crippen LogP contribution in [-0.2, 0) is 0 Å². The fourth-order valence-electron chi connectivity index (χ4n) is 1.77. The first-order chi connectivity index (χ1) is 6.67. The van der Waals surface area contributed by atoms with E-state index in [2.05, 4.69) is 6.58 Å². The van der Waals surface area contributed by atoms with Crippen LogP contribution in [-0.4, -0.2) is 47.7 Å². The van der Waals surface area contributed by atoms with Crippen molar-refractivity contribution in [2.45, 2.75) is 23.7 Å². The Hall–Kier alpha value is -0.525. The van der Waals surface area contributed by atoms with Crippen molar-refractivity contribution in [1.82, 2.24) is 0 Å². The summed E-state index contributed by atoms with van der Waals surface area (Å²) in [6.45, 7) is 2.50. The number of aliphatic hydroxyl groups is 3. The molecule has 1 aliphatic carbocycles. The van der Waals surface area contributed by atoms with Gasteiger partial charge < -0.3 is 15.3 Å². The molecule has 7 heteroatoms. The van der Waals surface area contributed by atoms with Crippen LogP contribution in [0, 0.1) is 5.92 Å². The number of hydrogen-bond acceptors (Lipinski definition) is 3. The molecule has 84 valence electrons. The van der Waals surface area contributed by atoms with Crippen molar-refractivity contribution in [3.63, 3.8) is 0 Å². The van der Waals surface area contributed by atoms with Gasteiger partial charge in [-0.1, -0.05) is 12.2 Å². The van der Waals surface area contributed by atoms with Gasteiger partial charge in [-0.2, -0.15) is 13.2 Å². The third kappa shape index (κ3) is 1.49. The first-order valence-corrected chi connectivity index (χ1v) is 4.20. The molecule has 1 aliphatic rings. The average Bonchev–Trinajstić information content (AvgIpc) is 2.28. The molecule has 0 aromatic heterocycles. The molecule has 3 nitrogen and oxygen atoms in total. The van der Waals surface area contributed by atoms with Gasteiger partial charge in [-0.15, -0.1) is 0 Å². The van der Waals surface area contributed by atoms with E-state index in [1.807, 2.05) is 0 Å². The van der Waals surface area contributed by atoms with E-state index >= 15 is 0 Å². The van der Waals surface area contributed by atoms with Crippen LogP contribution in [0.25, 0.3) is 0 Å². The van der Waals surface area contributed by atoms with Gasteiger partial charge in [0.1, 0.15) is 6.10 Å².